The lowest BCUT2D eigenvalue weighted by Crippen LogP contribution is -2.31. The number of amides is 1. The van der Waals surface area contributed by atoms with Crippen LogP contribution in [0.2, 0.25) is 0 Å². The highest BCUT2D eigenvalue weighted by Gasteiger charge is 2.45. The zero-order chi connectivity index (χ0) is 22.5. The summed E-state index contributed by atoms with van der Waals surface area (Å²) < 4.78 is 10.6. The van der Waals surface area contributed by atoms with Gasteiger partial charge in [-0.2, -0.15) is 0 Å². The Bertz CT molecular complexity index is 993. The van der Waals surface area contributed by atoms with Crippen molar-refractivity contribution in [2.24, 2.45) is 0 Å². The zero-order valence-electron chi connectivity index (χ0n) is 18.5. The number of hydrogen-bond donors (Lipinski definition) is 1. The Balaban J connectivity index is 2.13. The van der Waals surface area contributed by atoms with Gasteiger partial charge in [0, 0.05) is 25.8 Å². The third-order valence-corrected chi connectivity index (χ3v) is 5.44. The van der Waals surface area contributed by atoms with Gasteiger partial charge in [0.2, 0.25) is 0 Å². The lowest BCUT2D eigenvalue weighted by Gasteiger charge is -2.25. The van der Waals surface area contributed by atoms with Crippen molar-refractivity contribution in [2.75, 3.05) is 26.9 Å². The highest BCUT2D eigenvalue weighted by Crippen LogP contribution is 2.40. The third-order valence-electron chi connectivity index (χ3n) is 5.44. The predicted molar refractivity (Wildman–Crippen MR) is 119 cm³/mol. The first kappa shape index (κ1) is 22.6. The summed E-state index contributed by atoms with van der Waals surface area (Å²) >= 11 is 0. The van der Waals surface area contributed by atoms with Crippen molar-refractivity contribution >= 4 is 17.4 Å². The molecule has 0 bridgehead atoms. The van der Waals surface area contributed by atoms with Crippen LogP contribution in [0.5, 0.6) is 5.75 Å². The van der Waals surface area contributed by atoms with E-state index in [0.29, 0.717) is 37.5 Å². The Hall–Kier alpha value is -3.12. The number of methoxy groups -OCH3 is 1. The van der Waals surface area contributed by atoms with Crippen molar-refractivity contribution in [3.05, 3.63) is 70.3 Å². The molecule has 3 rings (SSSR count). The van der Waals surface area contributed by atoms with Crippen molar-refractivity contribution in [1.29, 1.82) is 0 Å². The largest absolute Gasteiger partial charge is 0.507 e. The van der Waals surface area contributed by atoms with Crippen LogP contribution in [-0.4, -0.2) is 48.6 Å². The number of carbonyl (C=O) groups excluding carboxylic acids is 2. The quantitative estimate of drug-likeness (QED) is 0.299. The molecule has 1 saturated heterocycles. The second kappa shape index (κ2) is 9.79. The molecular formula is C25H29NO5. The maximum Gasteiger partial charge on any atom is 0.295 e. The first-order chi connectivity index (χ1) is 14.9. The molecule has 2 aromatic carbocycles. The molecule has 0 spiro atoms. The Labute approximate surface area is 183 Å². The molecule has 1 atom stereocenters. The molecule has 0 aromatic heterocycles. The maximum atomic E-state index is 13.0. The Morgan fingerprint density at radius 2 is 1.81 bits per heavy atom. The molecule has 1 amide bonds. The van der Waals surface area contributed by atoms with Crippen molar-refractivity contribution in [1.82, 2.24) is 4.90 Å². The highest BCUT2D eigenvalue weighted by atomic mass is 16.5. The molecule has 6 nitrogen and oxygen atoms in total. The maximum absolute atomic E-state index is 13.0. The monoisotopic (exact) mass is 423 g/mol. The summed E-state index contributed by atoms with van der Waals surface area (Å²) in [6.07, 6.45) is 0.584. The van der Waals surface area contributed by atoms with Gasteiger partial charge in [-0.25, -0.2) is 0 Å². The van der Waals surface area contributed by atoms with E-state index in [0.717, 1.165) is 16.7 Å². The molecule has 1 unspecified atom stereocenters. The molecule has 0 radical (unpaired) electrons. The van der Waals surface area contributed by atoms with Crippen molar-refractivity contribution in [2.45, 2.75) is 33.2 Å². The van der Waals surface area contributed by atoms with Crippen LogP contribution >= 0.6 is 0 Å². The van der Waals surface area contributed by atoms with Crippen LogP contribution < -0.4 is 4.74 Å². The van der Waals surface area contributed by atoms with Crippen LogP contribution in [0.4, 0.5) is 0 Å². The minimum atomic E-state index is -0.674. The number of aliphatic hydroxyl groups excluding tert-OH is 1. The second-order valence-electron chi connectivity index (χ2n) is 7.66. The van der Waals surface area contributed by atoms with Crippen molar-refractivity contribution < 1.29 is 24.2 Å². The predicted octanol–water partition coefficient (Wildman–Crippen LogP) is 4.16. The summed E-state index contributed by atoms with van der Waals surface area (Å²) in [5, 5.41) is 11.2. The molecule has 1 N–H and O–H groups in total. The average Bonchev–Trinajstić information content (AvgIpc) is 3.01. The number of nitrogens with zero attached hydrogens (tertiary/aromatic N) is 1. The number of hydrogen-bond acceptors (Lipinski definition) is 5. The first-order valence-corrected chi connectivity index (χ1v) is 10.5. The molecule has 0 aliphatic carbocycles. The van der Waals surface area contributed by atoms with E-state index in [4.69, 9.17) is 9.47 Å². The molecule has 6 heteroatoms. The van der Waals surface area contributed by atoms with E-state index in [2.05, 4.69) is 0 Å². The summed E-state index contributed by atoms with van der Waals surface area (Å²) in [5.41, 5.74) is 3.20. The molecule has 164 valence electrons. The second-order valence-corrected chi connectivity index (χ2v) is 7.66. The normalized spacial score (nSPS) is 17.9. The summed E-state index contributed by atoms with van der Waals surface area (Å²) in [6, 6.07) is 12.3. The van der Waals surface area contributed by atoms with E-state index in [-0.39, 0.29) is 11.3 Å². The number of rotatable bonds is 8. The number of Topliss-reactive ketones (excluding diaryl/α,β-unsaturated/α-hetero) is 1. The fraction of sp³-hybridized carbons (Fsp3) is 0.360. The minimum absolute atomic E-state index is 0.111. The first-order valence-electron chi connectivity index (χ1n) is 10.5. The van der Waals surface area contributed by atoms with Crippen LogP contribution in [0.3, 0.4) is 0 Å². The molecule has 2 aromatic rings. The Morgan fingerprint density at radius 3 is 2.45 bits per heavy atom. The van der Waals surface area contributed by atoms with Crippen LogP contribution in [0.1, 0.15) is 41.6 Å². The molecule has 1 aliphatic heterocycles. The van der Waals surface area contributed by atoms with Crippen molar-refractivity contribution in [3.8, 4) is 5.75 Å². The average molecular weight is 424 g/mol. The molecule has 1 fully saturated rings. The lowest BCUT2D eigenvalue weighted by molar-refractivity contribution is -0.140. The van der Waals surface area contributed by atoms with Gasteiger partial charge in [0.25, 0.3) is 11.7 Å². The number of carbonyl (C=O) groups is 2. The lowest BCUT2D eigenvalue weighted by atomic mass is 9.93. The minimum Gasteiger partial charge on any atom is -0.507 e. The van der Waals surface area contributed by atoms with Crippen LogP contribution in [0, 0.1) is 13.8 Å². The van der Waals surface area contributed by atoms with Gasteiger partial charge in [0.15, 0.2) is 0 Å². The van der Waals surface area contributed by atoms with E-state index >= 15 is 0 Å². The fourth-order valence-corrected chi connectivity index (χ4v) is 3.89. The Morgan fingerprint density at radius 1 is 1.10 bits per heavy atom. The van der Waals surface area contributed by atoms with Gasteiger partial charge in [-0.3, -0.25) is 9.59 Å². The molecule has 1 heterocycles. The number of ether oxygens (including phenoxy) is 2. The third kappa shape index (κ3) is 4.64. The number of aryl methyl sites for hydroxylation is 2. The van der Waals surface area contributed by atoms with Crippen LogP contribution in [0.25, 0.3) is 5.76 Å². The fourth-order valence-electron chi connectivity index (χ4n) is 3.89. The molecule has 0 saturated carbocycles. The van der Waals surface area contributed by atoms with Gasteiger partial charge in [-0.15, -0.1) is 0 Å². The van der Waals surface area contributed by atoms with E-state index in [1.807, 2.05) is 63.2 Å². The SMILES string of the molecule is CCOc1ccc(C2/C(=C(\O)c3cc(C)ccc3C)C(=O)C(=O)N2CCCOC)cc1. The summed E-state index contributed by atoms with van der Waals surface area (Å²) in [7, 11) is 1.60. The summed E-state index contributed by atoms with van der Waals surface area (Å²) in [5.74, 6) is -0.721. The van der Waals surface area contributed by atoms with E-state index < -0.39 is 17.7 Å². The molecular weight excluding hydrogens is 394 g/mol. The van der Waals surface area contributed by atoms with Crippen LogP contribution in [-0.2, 0) is 14.3 Å². The Kier molecular flexibility index (Phi) is 7.13. The number of ketones is 1. The number of aliphatic hydroxyl groups is 1. The van der Waals surface area contributed by atoms with E-state index in [1.165, 1.54) is 4.90 Å². The number of benzene rings is 2. The summed E-state index contributed by atoms with van der Waals surface area (Å²) in [6.45, 7) is 7.05. The van der Waals surface area contributed by atoms with Crippen molar-refractivity contribution in [3.63, 3.8) is 0 Å². The van der Waals surface area contributed by atoms with Gasteiger partial charge >= 0.3 is 0 Å². The topological polar surface area (TPSA) is 76.1 Å². The summed E-state index contributed by atoms with van der Waals surface area (Å²) in [4.78, 5) is 27.5. The van der Waals surface area contributed by atoms with E-state index in [1.54, 1.807) is 7.11 Å². The van der Waals surface area contributed by atoms with Gasteiger partial charge in [-0.1, -0.05) is 29.8 Å². The van der Waals surface area contributed by atoms with Gasteiger partial charge in [0.1, 0.15) is 11.5 Å². The molecule has 31 heavy (non-hydrogen) atoms. The standard InChI is InChI=1S/C25H29NO5/c1-5-31-19-11-9-18(10-12-19)22-21(23(27)20-15-16(2)7-8-17(20)3)24(28)25(29)26(22)13-6-14-30-4/h7-12,15,22,27H,5-6,13-14H2,1-4H3/b23-21+. The van der Waals surface area contributed by atoms with Gasteiger partial charge in [0.05, 0.1) is 18.2 Å². The van der Waals surface area contributed by atoms with Gasteiger partial charge in [-0.05, 0) is 56.5 Å². The molecule has 1 aliphatic rings. The number of likely N-dealkylation sites (tertiary alicyclic amines) is 1. The van der Waals surface area contributed by atoms with Gasteiger partial charge < -0.3 is 19.5 Å². The zero-order valence-corrected chi connectivity index (χ0v) is 18.5. The van der Waals surface area contributed by atoms with Crippen LogP contribution in [0.15, 0.2) is 48.0 Å². The highest BCUT2D eigenvalue weighted by molar-refractivity contribution is 6.46. The van der Waals surface area contributed by atoms with E-state index in [9.17, 15) is 14.7 Å². The smallest absolute Gasteiger partial charge is 0.295 e.